The Balaban J connectivity index is 2.88. The van der Waals surface area contributed by atoms with Gasteiger partial charge in [0.1, 0.15) is 4.49 Å². The van der Waals surface area contributed by atoms with Crippen molar-refractivity contribution in [1.82, 2.24) is 9.97 Å². The lowest BCUT2D eigenvalue weighted by Gasteiger charge is -2.02. The molecular formula is C9H10Cl2N2. The predicted molar refractivity (Wildman–Crippen MR) is 55.8 cm³/mol. The molecule has 0 atom stereocenters. The highest BCUT2D eigenvalue weighted by Crippen LogP contribution is 2.13. The maximum atomic E-state index is 5.47. The van der Waals surface area contributed by atoms with Gasteiger partial charge in [0.15, 0.2) is 0 Å². The summed E-state index contributed by atoms with van der Waals surface area (Å²) in [6.45, 7) is 4.13. The third kappa shape index (κ3) is 3.33. The smallest absolute Gasteiger partial charge is 0.109 e. The van der Waals surface area contributed by atoms with Crippen LogP contribution in [0.5, 0.6) is 0 Å². The summed E-state index contributed by atoms with van der Waals surface area (Å²) in [6, 6.07) is 0. The summed E-state index contributed by atoms with van der Waals surface area (Å²) >= 11 is 10.9. The molecular weight excluding hydrogens is 207 g/mol. The van der Waals surface area contributed by atoms with Crippen molar-refractivity contribution in [3.8, 4) is 0 Å². The molecule has 0 radical (unpaired) electrons. The number of hydrogen-bond donors (Lipinski definition) is 0. The van der Waals surface area contributed by atoms with Crippen molar-refractivity contribution < 1.29 is 0 Å². The zero-order chi connectivity index (χ0) is 9.84. The minimum absolute atomic E-state index is 0.187. The maximum Gasteiger partial charge on any atom is 0.109 e. The van der Waals surface area contributed by atoms with E-state index in [4.69, 9.17) is 23.2 Å². The van der Waals surface area contributed by atoms with Crippen LogP contribution < -0.4 is 0 Å². The second-order valence-electron chi connectivity index (χ2n) is 2.95. The zero-order valence-electron chi connectivity index (χ0n) is 7.46. The van der Waals surface area contributed by atoms with Crippen molar-refractivity contribution in [2.75, 3.05) is 0 Å². The average molecular weight is 217 g/mol. The first-order valence-electron chi connectivity index (χ1n) is 3.94. The topological polar surface area (TPSA) is 25.8 Å². The summed E-state index contributed by atoms with van der Waals surface area (Å²) in [5.41, 5.74) is 1.63. The molecule has 0 aliphatic rings. The lowest BCUT2D eigenvalue weighted by atomic mass is 10.1. The van der Waals surface area contributed by atoms with Crippen LogP contribution in [-0.2, 0) is 0 Å². The van der Waals surface area contributed by atoms with Gasteiger partial charge in [-0.1, -0.05) is 37.0 Å². The predicted octanol–water partition coefficient (Wildman–Crippen LogP) is 3.38. The van der Waals surface area contributed by atoms with E-state index < -0.39 is 0 Å². The summed E-state index contributed by atoms with van der Waals surface area (Å²) in [7, 11) is 0. The quantitative estimate of drug-likeness (QED) is 0.758. The van der Waals surface area contributed by atoms with Crippen LogP contribution in [0.3, 0.4) is 0 Å². The molecule has 0 aromatic carbocycles. The second kappa shape index (κ2) is 4.58. The first-order valence-corrected chi connectivity index (χ1v) is 4.70. The van der Waals surface area contributed by atoms with E-state index in [1.807, 2.05) is 0 Å². The third-order valence-electron chi connectivity index (χ3n) is 1.54. The fourth-order valence-electron chi connectivity index (χ4n) is 0.832. The number of halogens is 2. The molecule has 0 bridgehead atoms. The number of nitrogens with zero attached hydrogens (tertiary/aromatic N) is 2. The highest BCUT2D eigenvalue weighted by molar-refractivity contribution is 6.57. The summed E-state index contributed by atoms with van der Waals surface area (Å²) < 4.78 is 0.187. The first-order chi connectivity index (χ1) is 6.09. The van der Waals surface area contributed by atoms with Gasteiger partial charge >= 0.3 is 0 Å². The molecule has 1 aromatic heterocycles. The molecule has 0 unspecified atom stereocenters. The van der Waals surface area contributed by atoms with Gasteiger partial charge in [0.2, 0.25) is 0 Å². The maximum absolute atomic E-state index is 5.47. The SMILES string of the molecule is CC(C)c1cnc(C=C(Cl)Cl)cn1. The molecule has 1 heterocycles. The average Bonchev–Trinajstić information content (AvgIpc) is 2.04. The Hall–Kier alpha value is -0.600. The number of aromatic nitrogens is 2. The van der Waals surface area contributed by atoms with E-state index in [1.54, 1.807) is 18.5 Å². The van der Waals surface area contributed by atoms with Gasteiger partial charge in [-0.3, -0.25) is 9.97 Å². The van der Waals surface area contributed by atoms with Crippen LogP contribution in [0.2, 0.25) is 0 Å². The largest absolute Gasteiger partial charge is 0.257 e. The standard InChI is InChI=1S/C9H10Cl2N2/c1-6(2)8-5-12-7(4-13-8)3-9(10)11/h3-6H,1-2H3. The van der Waals surface area contributed by atoms with Gasteiger partial charge < -0.3 is 0 Å². The Morgan fingerprint density at radius 2 is 2.00 bits per heavy atom. The molecule has 0 aliphatic carbocycles. The van der Waals surface area contributed by atoms with Crippen molar-refractivity contribution in [2.45, 2.75) is 19.8 Å². The van der Waals surface area contributed by atoms with Crippen LogP contribution in [0.1, 0.15) is 31.2 Å². The first kappa shape index (κ1) is 10.5. The summed E-state index contributed by atoms with van der Waals surface area (Å²) in [4.78, 5) is 8.34. The molecule has 2 nitrogen and oxygen atoms in total. The van der Waals surface area contributed by atoms with Gasteiger partial charge in [0.25, 0.3) is 0 Å². The van der Waals surface area contributed by atoms with Gasteiger partial charge in [-0.25, -0.2) is 0 Å². The van der Waals surface area contributed by atoms with Crippen molar-refractivity contribution in [2.24, 2.45) is 0 Å². The van der Waals surface area contributed by atoms with Crippen LogP contribution >= 0.6 is 23.2 Å². The van der Waals surface area contributed by atoms with Crippen LogP contribution in [-0.4, -0.2) is 9.97 Å². The van der Waals surface area contributed by atoms with E-state index in [2.05, 4.69) is 23.8 Å². The number of hydrogen-bond acceptors (Lipinski definition) is 2. The van der Waals surface area contributed by atoms with Crippen molar-refractivity contribution >= 4 is 29.3 Å². The Kier molecular flexibility index (Phi) is 3.70. The molecule has 0 saturated heterocycles. The Labute approximate surface area is 87.6 Å². The molecule has 4 heteroatoms. The van der Waals surface area contributed by atoms with E-state index >= 15 is 0 Å². The summed E-state index contributed by atoms with van der Waals surface area (Å²) in [6.07, 6.45) is 4.94. The van der Waals surface area contributed by atoms with Gasteiger partial charge in [-0.2, -0.15) is 0 Å². The highest BCUT2D eigenvalue weighted by atomic mass is 35.5. The van der Waals surface area contributed by atoms with Crippen molar-refractivity contribution in [3.05, 3.63) is 28.3 Å². The van der Waals surface area contributed by atoms with E-state index in [1.165, 1.54) is 0 Å². The number of rotatable bonds is 2. The molecule has 0 aliphatic heterocycles. The fraction of sp³-hybridized carbons (Fsp3) is 0.333. The molecule has 0 fully saturated rings. The Morgan fingerprint density at radius 3 is 2.38 bits per heavy atom. The molecule has 0 amide bonds. The normalized spacial score (nSPS) is 10.2. The van der Waals surface area contributed by atoms with Crippen LogP contribution in [0.4, 0.5) is 0 Å². The molecule has 0 spiro atoms. The van der Waals surface area contributed by atoms with Crippen LogP contribution in [0.15, 0.2) is 16.9 Å². The monoisotopic (exact) mass is 216 g/mol. The van der Waals surface area contributed by atoms with E-state index in [0.29, 0.717) is 11.6 Å². The molecule has 1 aromatic rings. The molecule has 1 rings (SSSR count). The van der Waals surface area contributed by atoms with Crippen molar-refractivity contribution in [3.63, 3.8) is 0 Å². The van der Waals surface area contributed by atoms with E-state index in [0.717, 1.165) is 5.69 Å². The summed E-state index contributed by atoms with van der Waals surface area (Å²) in [5.74, 6) is 0.386. The molecule has 70 valence electrons. The Morgan fingerprint density at radius 1 is 1.31 bits per heavy atom. The third-order valence-corrected chi connectivity index (χ3v) is 1.76. The van der Waals surface area contributed by atoms with Crippen LogP contribution in [0.25, 0.3) is 6.08 Å². The fourth-order valence-corrected chi connectivity index (χ4v) is 1.06. The van der Waals surface area contributed by atoms with Crippen molar-refractivity contribution in [1.29, 1.82) is 0 Å². The van der Waals surface area contributed by atoms with E-state index in [-0.39, 0.29) is 4.49 Å². The Bertz CT molecular complexity index is 300. The van der Waals surface area contributed by atoms with Gasteiger partial charge in [-0.05, 0) is 12.0 Å². The zero-order valence-corrected chi connectivity index (χ0v) is 8.97. The lowest BCUT2D eigenvalue weighted by molar-refractivity contribution is 0.810. The molecule has 13 heavy (non-hydrogen) atoms. The van der Waals surface area contributed by atoms with Gasteiger partial charge in [0, 0.05) is 6.20 Å². The second-order valence-corrected chi connectivity index (χ2v) is 3.96. The molecule has 0 N–H and O–H groups in total. The minimum Gasteiger partial charge on any atom is -0.257 e. The van der Waals surface area contributed by atoms with Crippen LogP contribution in [0, 0.1) is 0 Å². The highest BCUT2D eigenvalue weighted by Gasteiger charge is 2.00. The van der Waals surface area contributed by atoms with Gasteiger partial charge in [0.05, 0.1) is 17.6 Å². The van der Waals surface area contributed by atoms with E-state index in [9.17, 15) is 0 Å². The molecule has 0 saturated carbocycles. The lowest BCUT2D eigenvalue weighted by Crippen LogP contribution is -1.94. The summed E-state index contributed by atoms with van der Waals surface area (Å²) in [5, 5.41) is 0. The van der Waals surface area contributed by atoms with Gasteiger partial charge in [-0.15, -0.1) is 0 Å². The minimum atomic E-state index is 0.187.